The lowest BCUT2D eigenvalue weighted by Crippen LogP contribution is -2.30. The summed E-state index contributed by atoms with van der Waals surface area (Å²) in [4.78, 5) is 11.4. The first-order chi connectivity index (χ1) is 8.19. The quantitative estimate of drug-likeness (QED) is 0.804. The molecule has 0 atom stereocenters. The lowest BCUT2D eigenvalue weighted by atomic mass is 10.1. The molecule has 2 N–H and O–H groups in total. The highest BCUT2D eigenvalue weighted by Gasteiger charge is 2.23. The monoisotopic (exact) mass is 235 g/mol. The molecule has 0 spiro atoms. The van der Waals surface area contributed by atoms with Crippen LogP contribution in [0.15, 0.2) is 18.2 Å². The lowest BCUT2D eigenvalue weighted by molar-refractivity contribution is -0.123. The topological polar surface area (TPSA) is 58.6 Å². The summed E-state index contributed by atoms with van der Waals surface area (Å²) in [5.74, 6) is 0.473. The minimum absolute atomic E-state index is 0.00651. The molecule has 4 nitrogen and oxygen atoms in total. The zero-order valence-electron chi connectivity index (χ0n) is 9.90. The number of ether oxygens (including phenoxy) is 1. The van der Waals surface area contributed by atoms with Crippen molar-refractivity contribution in [3.63, 3.8) is 0 Å². The van der Waals surface area contributed by atoms with E-state index in [2.05, 4.69) is 5.32 Å². The summed E-state index contributed by atoms with van der Waals surface area (Å²) in [6.45, 7) is 1.87. The highest BCUT2D eigenvalue weighted by Crippen LogP contribution is 2.21. The Morgan fingerprint density at radius 2 is 2.29 bits per heavy atom. The molecule has 1 aromatic rings. The first-order valence-electron chi connectivity index (χ1n) is 5.81. The molecule has 1 aromatic carbocycles. The van der Waals surface area contributed by atoms with Crippen LogP contribution < -0.4 is 10.1 Å². The summed E-state index contributed by atoms with van der Waals surface area (Å²) in [5.41, 5.74) is 1.77. The van der Waals surface area contributed by atoms with Crippen molar-refractivity contribution in [1.29, 1.82) is 0 Å². The number of amides is 1. The largest absolute Gasteiger partial charge is 0.483 e. The van der Waals surface area contributed by atoms with Gasteiger partial charge in [0, 0.05) is 11.6 Å². The molecule has 1 amide bonds. The number of rotatable bonds is 5. The standard InChI is InChI=1S/C13H17NO3/c1-9-2-5-12(10(6-9)7-15)17-8-13(16)14-11-3-4-11/h2,5-6,11,15H,3-4,7-8H2,1H3,(H,14,16). The molecule has 0 heterocycles. The van der Waals surface area contributed by atoms with Crippen LogP contribution >= 0.6 is 0 Å². The van der Waals surface area contributed by atoms with Gasteiger partial charge in [-0.2, -0.15) is 0 Å². The van der Waals surface area contributed by atoms with E-state index in [0.29, 0.717) is 17.4 Å². The Morgan fingerprint density at radius 3 is 2.94 bits per heavy atom. The number of aliphatic hydroxyl groups excluding tert-OH is 1. The van der Waals surface area contributed by atoms with Crippen LogP contribution in [-0.2, 0) is 11.4 Å². The van der Waals surface area contributed by atoms with E-state index in [4.69, 9.17) is 4.74 Å². The van der Waals surface area contributed by atoms with Gasteiger partial charge in [-0.1, -0.05) is 17.7 Å². The smallest absolute Gasteiger partial charge is 0.258 e. The Morgan fingerprint density at radius 1 is 1.53 bits per heavy atom. The summed E-state index contributed by atoms with van der Waals surface area (Å²) in [7, 11) is 0. The first kappa shape index (κ1) is 11.9. The number of carbonyl (C=O) groups excluding carboxylic acids is 1. The summed E-state index contributed by atoms with van der Waals surface area (Å²) >= 11 is 0. The number of nitrogens with one attached hydrogen (secondary N) is 1. The van der Waals surface area contributed by atoms with Gasteiger partial charge >= 0.3 is 0 Å². The highest BCUT2D eigenvalue weighted by atomic mass is 16.5. The van der Waals surface area contributed by atoms with Gasteiger partial charge in [-0.05, 0) is 25.8 Å². The predicted octanol–water partition coefficient (Wildman–Crippen LogP) is 1.14. The Hall–Kier alpha value is -1.55. The van der Waals surface area contributed by atoms with Crippen molar-refractivity contribution >= 4 is 5.91 Å². The summed E-state index contributed by atoms with van der Waals surface area (Å²) in [6.07, 6.45) is 2.14. The van der Waals surface area contributed by atoms with Gasteiger partial charge in [0.15, 0.2) is 6.61 Å². The van der Waals surface area contributed by atoms with Crippen molar-refractivity contribution in [2.75, 3.05) is 6.61 Å². The fourth-order valence-electron chi connectivity index (χ4n) is 1.61. The summed E-state index contributed by atoms with van der Waals surface area (Å²) in [5, 5.41) is 12.0. The van der Waals surface area contributed by atoms with Crippen LogP contribution in [0.3, 0.4) is 0 Å². The van der Waals surface area contributed by atoms with E-state index in [1.807, 2.05) is 19.1 Å². The van der Waals surface area contributed by atoms with E-state index in [1.54, 1.807) is 6.07 Å². The van der Waals surface area contributed by atoms with Crippen LogP contribution in [0.2, 0.25) is 0 Å². The molecule has 4 heteroatoms. The van der Waals surface area contributed by atoms with Crippen LogP contribution in [0.1, 0.15) is 24.0 Å². The van der Waals surface area contributed by atoms with Crippen molar-refractivity contribution in [2.45, 2.75) is 32.4 Å². The van der Waals surface area contributed by atoms with Gasteiger partial charge < -0.3 is 15.2 Å². The number of hydrogen-bond acceptors (Lipinski definition) is 3. The third-order valence-corrected chi connectivity index (χ3v) is 2.69. The molecule has 1 saturated carbocycles. The van der Waals surface area contributed by atoms with Crippen molar-refractivity contribution in [2.24, 2.45) is 0 Å². The second kappa shape index (κ2) is 5.19. The maximum Gasteiger partial charge on any atom is 0.258 e. The Balaban J connectivity index is 1.90. The highest BCUT2D eigenvalue weighted by molar-refractivity contribution is 5.78. The van der Waals surface area contributed by atoms with Crippen molar-refractivity contribution in [3.8, 4) is 5.75 Å². The van der Waals surface area contributed by atoms with Crippen LogP contribution in [0.5, 0.6) is 5.75 Å². The molecule has 0 unspecified atom stereocenters. The lowest BCUT2D eigenvalue weighted by Gasteiger charge is -2.10. The van der Waals surface area contributed by atoms with Gasteiger partial charge in [-0.15, -0.1) is 0 Å². The average Bonchev–Trinajstić information content (AvgIpc) is 3.11. The van der Waals surface area contributed by atoms with Gasteiger partial charge in [0.25, 0.3) is 5.91 Å². The van der Waals surface area contributed by atoms with Gasteiger partial charge in [-0.25, -0.2) is 0 Å². The molecule has 0 aliphatic heterocycles. The maximum absolute atomic E-state index is 11.4. The van der Waals surface area contributed by atoms with Gasteiger partial charge in [-0.3, -0.25) is 4.79 Å². The molecule has 2 rings (SSSR count). The molecule has 0 saturated heterocycles. The minimum Gasteiger partial charge on any atom is -0.483 e. The van der Waals surface area contributed by atoms with E-state index in [9.17, 15) is 9.90 Å². The van der Waals surface area contributed by atoms with Crippen LogP contribution in [0.25, 0.3) is 0 Å². The molecule has 92 valence electrons. The zero-order valence-corrected chi connectivity index (χ0v) is 9.90. The van der Waals surface area contributed by atoms with E-state index in [-0.39, 0.29) is 19.1 Å². The SMILES string of the molecule is Cc1ccc(OCC(=O)NC2CC2)c(CO)c1. The molecular weight excluding hydrogens is 218 g/mol. The van der Waals surface area contributed by atoms with Crippen LogP contribution in [0, 0.1) is 6.92 Å². The Bertz CT molecular complexity index is 413. The van der Waals surface area contributed by atoms with Gasteiger partial charge in [0.2, 0.25) is 0 Å². The van der Waals surface area contributed by atoms with E-state index >= 15 is 0 Å². The molecule has 17 heavy (non-hydrogen) atoms. The van der Waals surface area contributed by atoms with E-state index < -0.39 is 0 Å². The second-order valence-corrected chi connectivity index (χ2v) is 4.40. The maximum atomic E-state index is 11.4. The fourth-order valence-corrected chi connectivity index (χ4v) is 1.61. The molecule has 1 aliphatic carbocycles. The molecule has 1 fully saturated rings. The number of benzene rings is 1. The van der Waals surface area contributed by atoms with Crippen molar-refractivity contribution in [3.05, 3.63) is 29.3 Å². The normalized spacial score (nSPS) is 14.5. The molecular formula is C13H17NO3. The molecule has 0 radical (unpaired) electrons. The Labute approximate surface area is 101 Å². The van der Waals surface area contributed by atoms with E-state index in [1.165, 1.54) is 0 Å². The number of carbonyl (C=O) groups is 1. The van der Waals surface area contributed by atoms with Gasteiger partial charge in [0.1, 0.15) is 5.75 Å². The Kier molecular flexibility index (Phi) is 3.64. The number of hydrogen-bond donors (Lipinski definition) is 2. The number of aryl methyl sites for hydroxylation is 1. The average molecular weight is 235 g/mol. The summed E-state index contributed by atoms with van der Waals surface area (Å²) in [6, 6.07) is 5.88. The molecule has 1 aliphatic rings. The third-order valence-electron chi connectivity index (χ3n) is 2.69. The molecule has 0 aromatic heterocycles. The van der Waals surface area contributed by atoms with Gasteiger partial charge in [0.05, 0.1) is 6.61 Å². The fraction of sp³-hybridized carbons (Fsp3) is 0.462. The van der Waals surface area contributed by atoms with Crippen molar-refractivity contribution < 1.29 is 14.6 Å². The minimum atomic E-state index is -0.100. The molecule has 0 bridgehead atoms. The number of aliphatic hydroxyl groups is 1. The van der Waals surface area contributed by atoms with Crippen LogP contribution in [-0.4, -0.2) is 23.7 Å². The second-order valence-electron chi connectivity index (χ2n) is 4.40. The third kappa shape index (κ3) is 3.46. The predicted molar refractivity (Wildman–Crippen MR) is 63.8 cm³/mol. The zero-order chi connectivity index (χ0) is 12.3. The summed E-state index contributed by atoms with van der Waals surface area (Å²) < 4.78 is 5.40. The van der Waals surface area contributed by atoms with Crippen molar-refractivity contribution in [1.82, 2.24) is 5.32 Å². The van der Waals surface area contributed by atoms with E-state index in [0.717, 1.165) is 18.4 Å². The first-order valence-corrected chi connectivity index (χ1v) is 5.81. The van der Waals surface area contributed by atoms with Crippen LogP contribution in [0.4, 0.5) is 0 Å².